The number of nitrogens with zero attached hydrogens (tertiary/aromatic N) is 1. The summed E-state index contributed by atoms with van der Waals surface area (Å²) in [6, 6.07) is 5.57. The molecular formula is C25H26N2O9. The Hall–Kier alpha value is -4.54. The average molecular weight is 498 g/mol. The second kappa shape index (κ2) is 11.3. The summed E-state index contributed by atoms with van der Waals surface area (Å²) in [5.74, 6) is -0.965. The van der Waals surface area contributed by atoms with E-state index < -0.39 is 30.0 Å². The quantitative estimate of drug-likeness (QED) is 0.227. The van der Waals surface area contributed by atoms with Crippen molar-refractivity contribution in [2.45, 2.75) is 26.0 Å². The van der Waals surface area contributed by atoms with Crippen molar-refractivity contribution >= 4 is 30.0 Å². The molecule has 1 N–H and O–H groups in total. The summed E-state index contributed by atoms with van der Waals surface area (Å²) in [7, 11) is 3.92. The number of rotatable bonds is 10. The Morgan fingerprint density at radius 1 is 1.17 bits per heavy atom. The number of amides is 3. The minimum atomic E-state index is -0.887. The van der Waals surface area contributed by atoms with Crippen LogP contribution in [0.5, 0.6) is 11.5 Å². The van der Waals surface area contributed by atoms with E-state index in [0.29, 0.717) is 29.0 Å². The van der Waals surface area contributed by atoms with Gasteiger partial charge in [0.2, 0.25) is 5.76 Å². The molecule has 3 rings (SSSR count). The largest absolute Gasteiger partial charge is 0.493 e. The van der Waals surface area contributed by atoms with Gasteiger partial charge in [-0.25, -0.2) is 14.4 Å². The molecule has 0 aliphatic carbocycles. The predicted octanol–water partition coefficient (Wildman–Crippen LogP) is 2.84. The standard InChI is InChI=1S/C25H26N2O9/c1-6-7-16-10-15(12-20(32-3)21(16)35-14(2)23(29)33-4)11-18-22(28)27(25(31)26-18)13-17-8-9-19(36-17)24(30)34-5/h6,8-12,14H,1,7,13H2,2-5H3,(H,26,31)/b18-11-/t14-/m1/s1. The molecule has 2 aromatic rings. The topological polar surface area (TPSA) is 134 Å². The van der Waals surface area contributed by atoms with Crippen LogP contribution in [0.4, 0.5) is 4.79 Å². The van der Waals surface area contributed by atoms with E-state index in [0.717, 1.165) is 4.90 Å². The van der Waals surface area contributed by atoms with Gasteiger partial charge in [-0.15, -0.1) is 6.58 Å². The summed E-state index contributed by atoms with van der Waals surface area (Å²) >= 11 is 0. The molecule has 0 bridgehead atoms. The Morgan fingerprint density at radius 2 is 1.92 bits per heavy atom. The third-order valence-corrected chi connectivity index (χ3v) is 5.20. The molecule has 0 radical (unpaired) electrons. The molecule has 1 saturated heterocycles. The number of methoxy groups -OCH3 is 3. The number of allylic oxidation sites excluding steroid dienone is 1. The lowest BCUT2D eigenvalue weighted by atomic mass is 10.0. The smallest absolute Gasteiger partial charge is 0.373 e. The number of ether oxygens (including phenoxy) is 4. The lowest BCUT2D eigenvalue weighted by Gasteiger charge is -2.19. The number of nitrogens with one attached hydrogen (secondary N) is 1. The Morgan fingerprint density at radius 3 is 2.56 bits per heavy atom. The van der Waals surface area contributed by atoms with Crippen LogP contribution in [0.15, 0.2) is 47.0 Å². The van der Waals surface area contributed by atoms with Crippen LogP contribution < -0.4 is 14.8 Å². The van der Waals surface area contributed by atoms with E-state index in [4.69, 9.17) is 18.6 Å². The maximum atomic E-state index is 12.9. The highest BCUT2D eigenvalue weighted by atomic mass is 16.6. The molecule has 1 fully saturated rings. The maximum Gasteiger partial charge on any atom is 0.373 e. The molecule has 11 heteroatoms. The number of urea groups is 1. The molecule has 11 nitrogen and oxygen atoms in total. The van der Waals surface area contributed by atoms with Crippen LogP contribution in [0.3, 0.4) is 0 Å². The van der Waals surface area contributed by atoms with Crippen molar-refractivity contribution in [3.05, 3.63) is 65.3 Å². The van der Waals surface area contributed by atoms with Gasteiger partial charge in [0, 0.05) is 5.56 Å². The van der Waals surface area contributed by atoms with Crippen LogP contribution in [0.2, 0.25) is 0 Å². The lowest BCUT2D eigenvalue weighted by molar-refractivity contribution is -0.148. The van der Waals surface area contributed by atoms with E-state index in [1.807, 2.05) is 0 Å². The first-order valence-electron chi connectivity index (χ1n) is 10.8. The van der Waals surface area contributed by atoms with Gasteiger partial charge in [0.25, 0.3) is 5.91 Å². The molecule has 1 aliphatic heterocycles. The minimum Gasteiger partial charge on any atom is -0.493 e. The van der Waals surface area contributed by atoms with E-state index in [1.54, 1.807) is 25.1 Å². The molecule has 3 amide bonds. The first-order valence-corrected chi connectivity index (χ1v) is 10.8. The molecular weight excluding hydrogens is 472 g/mol. The van der Waals surface area contributed by atoms with Gasteiger partial charge in [-0.2, -0.15) is 0 Å². The number of hydrogen-bond acceptors (Lipinski definition) is 9. The molecule has 36 heavy (non-hydrogen) atoms. The second-order valence-corrected chi connectivity index (χ2v) is 7.62. The van der Waals surface area contributed by atoms with Crippen molar-refractivity contribution in [1.29, 1.82) is 0 Å². The maximum absolute atomic E-state index is 12.9. The first-order chi connectivity index (χ1) is 17.2. The first kappa shape index (κ1) is 26.1. The third-order valence-electron chi connectivity index (χ3n) is 5.20. The second-order valence-electron chi connectivity index (χ2n) is 7.62. The van der Waals surface area contributed by atoms with Crippen molar-refractivity contribution in [3.8, 4) is 11.5 Å². The van der Waals surface area contributed by atoms with E-state index >= 15 is 0 Å². The summed E-state index contributed by atoms with van der Waals surface area (Å²) in [5, 5.41) is 2.53. The van der Waals surface area contributed by atoms with Crippen LogP contribution in [0.1, 0.15) is 34.4 Å². The van der Waals surface area contributed by atoms with Gasteiger partial charge < -0.3 is 28.7 Å². The van der Waals surface area contributed by atoms with E-state index in [-0.39, 0.29) is 23.8 Å². The Bertz CT molecular complexity index is 1230. The van der Waals surface area contributed by atoms with Gasteiger partial charge in [0.05, 0.1) is 27.9 Å². The zero-order chi connectivity index (χ0) is 26.4. The monoisotopic (exact) mass is 498 g/mol. The van der Waals surface area contributed by atoms with Crippen molar-refractivity contribution in [2.24, 2.45) is 0 Å². The molecule has 1 atom stereocenters. The zero-order valence-corrected chi connectivity index (χ0v) is 20.3. The van der Waals surface area contributed by atoms with Crippen LogP contribution in [-0.4, -0.2) is 56.2 Å². The van der Waals surface area contributed by atoms with Crippen LogP contribution in [-0.2, 0) is 32.0 Å². The number of carbonyl (C=O) groups excluding carboxylic acids is 4. The fourth-order valence-electron chi connectivity index (χ4n) is 3.46. The molecule has 1 aromatic carbocycles. The predicted molar refractivity (Wildman–Crippen MR) is 126 cm³/mol. The number of esters is 2. The van der Waals surface area contributed by atoms with Crippen molar-refractivity contribution in [3.63, 3.8) is 0 Å². The van der Waals surface area contributed by atoms with Gasteiger partial charge >= 0.3 is 18.0 Å². The number of imide groups is 1. The van der Waals surface area contributed by atoms with Crippen LogP contribution in [0, 0.1) is 0 Å². The summed E-state index contributed by atoms with van der Waals surface area (Å²) in [4.78, 5) is 49.7. The van der Waals surface area contributed by atoms with Gasteiger partial charge in [-0.1, -0.05) is 6.08 Å². The van der Waals surface area contributed by atoms with Gasteiger partial charge in [0.1, 0.15) is 11.5 Å². The molecule has 0 unspecified atom stereocenters. The van der Waals surface area contributed by atoms with E-state index in [1.165, 1.54) is 39.5 Å². The molecule has 1 aromatic heterocycles. The molecule has 2 heterocycles. The zero-order valence-electron chi connectivity index (χ0n) is 20.3. The Labute approximate surface area is 207 Å². The lowest BCUT2D eigenvalue weighted by Crippen LogP contribution is -2.30. The summed E-state index contributed by atoms with van der Waals surface area (Å²) in [6.45, 7) is 5.12. The normalized spacial score (nSPS) is 14.9. The van der Waals surface area contributed by atoms with Crippen LogP contribution >= 0.6 is 0 Å². The highest BCUT2D eigenvalue weighted by Gasteiger charge is 2.34. The van der Waals surface area contributed by atoms with Crippen LogP contribution in [0.25, 0.3) is 6.08 Å². The molecule has 190 valence electrons. The third kappa shape index (κ3) is 5.57. The fraction of sp³-hybridized carbons (Fsp3) is 0.280. The van der Waals surface area contributed by atoms with Gasteiger partial charge in [-0.05, 0) is 49.2 Å². The van der Waals surface area contributed by atoms with Crippen molar-refractivity contribution in [2.75, 3.05) is 21.3 Å². The molecule has 1 aliphatic rings. The van der Waals surface area contributed by atoms with E-state index in [2.05, 4.69) is 16.6 Å². The molecule has 0 saturated carbocycles. The number of benzene rings is 1. The fourth-order valence-corrected chi connectivity index (χ4v) is 3.46. The number of furan rings is 1. The van der Waals surface area contributed by atoms with Crippen molar-refractivity contribution < 1.29 is 42.5 Å². The average Bonchev–Trinajstić information content (AvgIpc) is 3.44. The summed E-state index contributed by atoms with van der Waals surface area (Å²) < 4.78 is 25.9. The number of hydrogen-bond donors (Lipinski definition) is 1. The molecule has 0 spiro atoms. The SMILES string of the molecule is C=CCc1cc(/C=C2\NC(=O)N(Cc3ccc(C(=O)OC)o3)C2=O)cc(OC)c1O[C@H](C)C(=O)OC. The minimum absolute atomic E-state index is 0.0305. The Balaban J connectivity index is 1.88. The van der Waals surface area contributed by atoms with Crippen molar-refractivity contribution in [1.82, 2.24) is 10.2 Å². The van der Waals surface area contributed by atoms with Gasteiger partial charge in [0.15, 0.2) is 17.6 Å². The summed E-state index contributed by atoms with van der Waals surface area (Å²) in [6.07, 6.45) is 2.63. The Kier molecular flexibility index (Phi) is 8.15. The van der Waals surface area contributed by atoms with E-state index in [9.17, 15) is 19.2 Å². The highest BCUT2D eigenvalue weighted by Crippen LogP contribution is 2.35. The summed E-state index contributed by atoms with van der Waals surface area (Å²) in [5.41, 5.74) is 1.22. The number of carbonyl (C=O) groups is 4. The highest BCUT2D eigenvalue weighted by molar-refractivity contribution is 6.13. The van der Waals surface area contributed by atoms with Gasteiger partial charge in [-0.3, -0.25) is 9.69 Å².